The van der Waals surface area contributed by atoms with E-state index in [4.69, 9.17) is 0 Å². The lowest BCUT2D eigenvalue weighted by molar-refractivity contribution is -0.121. The van der Waals surface area contributed by atoms with Gasteiger partial charge in [-0.05, 0) is 18.1 Å². The molecule has 0 fully saturated rings. The zero-order valence-corrected chi connectivity index (χ0v) is 12.1. The van der Waals surface area contributed by atoms with Crippen LogP contribution in [-0.2, 0) is 4.79 Å². The maximum absolute atomic E-state index is 11.7. The fourth-order valence-electron chi connectivity index (χ4n) is 1.37. The highest BCUT2D eigenvalue weighted by Crippen LogP contribution is 2.00. The van der Waals surface area contributed by atoms with Crippen LogP contribution in [0.15, 0.2) is 12.1 Å². The number of carbonyl (C=O) groups is 2. The Hall–Kier alpha value is -2.18. The van der Waals surface area contributed by atoms with Gasteiger partial charge in [0.05, 0.1) is 0 Å². The van der Waals surface area contributed by atoms with Gasteiger partial charge >= 0.3 is 0 Å². The van der Waals surface area contributed by atoms with Crippen LogP contribution in [0.3, 0.4) is 0 Å². The maximum Gasteiger partial charge on any atom is 0.271 e. The molecule has 1 aromatic heterocycles. The number of aromatic nitrogens is 2. The molecule has 0 aliphatic carbocycles. The highest BCUT2D eigenvalue weighted by molar-refractivity contribution is 5.92. The van der Waals surface area contributed by atoms with Crippen LogP contribution in [0.5, 0.6) is 0 Å². The van der Waals surface area contributed by atoms with Crippen molar-refractivity contribution >= 4 is 17.6 Å². The van der Waals surface area contributed by atoms with Crippen LogP contribution in [-0.4, -0.2) is 42.1 Å². The third-order valence-electron chi connectivity index (χ3n) is 2.50. The van der Waals surface area contributed by atoms with Gasteiger partial charge in [0.2, 0.25) is 5.91 Å². The van der Waals surface area contributed by atoms with E-state index in [9.17, 15) is 9.59 Å². The van der Waals surface area contributed by atoms with E-state index < -0.39 is 0 Å². The first-order chi connectivity index (χ1) is 9.52. The predicted octanol–water partition coefficient (Wildman–Crippen LogP) is 0.410. The summed E-state index contributed by atoms with van der Waals surface area (Å²) in [4.78, 5) is 23.2. The van der Waals surface area contributed by atoms with Crippen molar-refractivity contribution in [2.45, 2.75) is 20.3 Å². The van der Waals surface area contributed by atoms with Crippen LogP contribution in [0, 0.1) is 5.92 Å². The van der Waals surface area contributed by atoms with Crippen molar-refractivity contribution in [2.75, 3.05) is 25.5 Å². The fraction of sp³-hybridized carbons (Fsp3) is 0.538. The molecule has 0 unspecified atom stereocenters. The van der Waals surface area contributed by atoms with Crippen LogP contribution in [0.25, 0.3) is 0 Å². The van der Waals surface area contributed by atoms with Gasteiger partial charge in [-0.2, -0.15) is 0 Å². The summed E-state index contributed by atoms with van der Waals surface area (Å²) in [5, 5.41) is 15.8. The highest BCUT2D eigenvalue weighted by atomic mass is 16.2. The number of nitrogens with one attached hydrogen (secondary N) is 3. The minimum atomic E-state index is -0.336. The Morgan fingerprint density at radius 2 is 1.95 bits per heavy atom. The predicted molar refractivity (Wildman–Crippen MR) is 76.4 cm³/mol. The van der Waals surface area contributed by atoms with Gasteiger partial charge < -0.3 is 16.0 Å². The minimum Gasteiger partial charge on any atom is -0.372 e. The zero-order valence-electron chi connectivity index (χ0n) is 12.1. The van der Waals surface area contributed by atoms with Crippen LogP contribution in [0.4, 0.5) is 5.82 Å². The van der Waals surface area contributed by atoms with Gasteiger partial charge in [-0.15, -0.1) is 10.2 Å². The largest absolute Gasteiger partial charge is 0.372 e. The Bertz CT molecular complexity index is 445. The molecule has 1 heterocycles. The maximum atomic E-state index is 11.7. The van der Waals surface area contributed by atoms with Gasteiger partial charge in [-0.25, -0.2) is 0 Å². The molecule has 1 rings (SSSR count). The van der Waals surface area contributed by atoms with E-state index in [2.05, 4.69) is 26.1 Å². The molecule has 0 saturated carbocycles. The smallest absolute Gasteiger partial charge is 0.271 e. The third-order valence-corrected chi connectivity index (χ3v) is 2.50. The zero-order chi connectivity index (χ0) is 15.0. The molecule has 3 N–H and O–H groups in total. The number of hydrogen-bond acceptors (Lipinski definition) is 5. The molecule has 0 radical (unpaired) electrons. The molecular weight excluding hydrogens is 258 g/mol. The molecule has 7 nitrogen and oxygen atoms in total. The number of hydrogen-bond donors (Lipinski definition) is 3. The van der Waals surface area contributed by atoms with Crippen molar-refractivity contribution in [1.82, 2.24) is 20.8 Å². The first-order valence-electron chi connectivity index (χ1n) is 6.59. The minimum absolute atomic E-state index is 0.0735. The van der Waals surface area contributed by atoms with E-state index in [-0.39, 0.29) is 30.5 Å². The molecule has 0 saturated heterocycles. The van der Waals surface area contributed by atoms with Crippen molar-refractivity contribution < 1.29 is 9.59 Å². The number of amides is 2. The summed E-state index contributed by atoms with van der Waals surface area (Å²) in [7, 11) is 1.72. The van der Waals surface area contributed by atoms with Gasteiger partial charge in [0.15, 0.2) is 5.69 Å². The standard InChI is InChI=1S/C13H21N5O2/c1-9(2)8-16-12(19)6-7-15-13(20)10-4-5-11(14-3)18-17-10/h4-5,9H,6-8H2,1-3H3,(H,14,18)(H,15,20)(H,16,19). The number of anilines is 1. The normalized spacial score (nSPS) is 10.2. The molecule has 1 aromatic rings. The molecule has 20 heavy (non-hydrogen) atoms. The first kappa shape index (κ1) is 15.9. The van der Waals surface area contributed by atoms with Crippen LogP contribution in [0.2, 0.25) is 0 Å². The summed E-state index contributed by atoms with van der Waals surface area (Å²) in [5.74, 6) is 0.594. The average molecular weight is 279 g/mol. The van der Waals surface area contributed by atoms with Crippen molar-refractivity contribution in [2.24, 2.45) is 5.92 Å². The van der Waals surface area contributed by atoms with E-state index in [1.165, 1.54) is 0 Å². The Balaban J connectivity index is 2.30. The first-order valence-corrected chi connectivity index (χ1v) is 6.59. The average Bonchev–Trinajstić information content (AvgIpc) is 2.45. The highest BCUT2D eigenvalue weighted by Gasteiger charge is 2.08. The molecule has 0 aromatic carbocycles. The molecule has 0 aliphatic rings. The summed E-state index contributed by atoms with van der Waals surface area (Å²) in [5.41, 5.74) is 0.228. The summed E-state index contributed by atoms with van der Waals surface area (Å²) in [6, 6.07) is 3.24. The molecule has 2 amide bonds. The van der Waals surface area contributed by atoms with E-state index >= 15 is 0 Å². The number of nitrogens with zero attached hydrogens (tertiary/aromatic N) is 2. The lowest BCUT2D eigenvalue weighted by atomic mass is 10.2. The van der Waals surface area contributed by atoms with Crippen molar-refractivity contribution in [3.63, 3.8) is 0 Å². The molecule has 7 heteroatoms. The quantitative estimate of drug-likeness (QED) is 0.672. The molecule has 0 atom stereocenters. The van der Waals surface area contributed by atoms with Crippen molar-refractivity contribution in [3.05, 3.63) is 17.8 Å². The molecular formula is C13H21N5O2. The third kappa shape index (κ3) is 5.64. The molecule has 0 spiro atoms. The van der Waals surface area contributed by atoms with Gasteiger partial charge in [0, 0.05) is 26.6 Å². The van der Waals surface area contributed by atoms with Crippen LogP contribution in [0.1, 0.15) is 30.8 Å². The number of carbonyl (C=O) groups excluding carboxylic acids is 2. The topological polar surface area (TPSA) is 96.0 Å². The summed E-state index contributed by atoms with van der Waals surface area (Å²) >= 11 is 0. The second-order valence-electron chi connectivity index (χ2n) is 4.76. The summed E-state index contributed by atoms with van der Waals surface area (Å²) in [6.45, 7) is 4.97. The summed E-state index contributed by atoms with van der Waals surface area (Å²) in [6.07, 6.45) is 0.250. The fourth-order valence-corrected chi connectivity index (χ4v) is 1.37. The second kappa shape index (κ2) is 8.08. The molecule has 0 aliphatic heterocycles. The van der Waals surface area contributed by atoms with E-state index in [0.717, 1.165) is 0 Å². The monoisotopic (exact) mass is 279 g/mol. The van der Waals surface area contributed by atoms with Crippen molar-refractivity contribution in [3.8, 4) is 0 Å². The Labute approximate surface area is 118 Å². The van der Waals surface area contributed by atoms with E-state index in [1.807, 2.05) is 13.8 Å². The van der Waals surface area contributed by atoms with Crippen LogP contribution >= 0.6 is 0 Å². The van der Waals surface area contributed by atoms with Gasteiger partial charge in [0.25, 0.3) is 5.91 Å². The molecule has 0 bridgehead atoms. The lowest BCUT2D eigenvalue weighted by Crippen LogP contribution is -2.32. The van der Waals surface area contributed by atoms with Crippen LogP contribution < -0.4 is 16.0 Å². The number of rotatable bonds is 7. The second-order valence-corrected chi connectivity index (χ2v) is 4.76. The molecule has 110 valence electrons. The van der Waals surface area contributed by atoms with E-state index in [0.29, 0.717) is 18.3 Å². The van der Waals surface area contributed by atoms with Gasteiger partial charge in [-0.1, -0.05) is 13.8 Å². The van der Waals surface area contributed by atoms with E-state index in [1.54, 1.807) is 19.2 Å². The Morgan fingerprint density at radius 3 is 2.50 bits per heavy atom. The van der Waals surface area contributed by atoms with Gasteiger partial charge in [-0.3, -0.25) is 9.59 Å². The van der Waals surface area contributed by atoms with Gasteiger partial charge in [0.1, 0.15) is 5.82 Å². The Morgan fingerprint density at radius 1 is 1.20 bits per heavy atom. The SMILES string of the molecule is CNc1ccc(C(=O)NCCC(=O)NCC(C)C)nn1. The van der Waals surface area contributed by atoms with Crippen molar-refractivity contribution in [1.29, 1.82) is 0 Å². The Kier molecular flexibility index (Phi) is 6.42. The summed E-state index contributed by atoms with van der Waals surface area (Å²) < 4.78 is 0. The lowest BCUT2D eigenvalue weighted by Gasteiger charge is -2.08.